The third-order valence-corrected chi connectivity index (χ3v) is 3.24. The Morgan fingerprint density at radius 3 is 2.67 bits per heavy atom. The maximum atomic E-state index is 12.0. The van der Waals surface area contributed by atoms with Gasteiger partial charge in [0.05, 0.1) is 19.3 Å². The minimum atomic E-state index is -0.153. The molecule has 0 bridgehead atoms. The molecule has 21 heavy (non-hydrogen) atoms. The Morgan fingerprint density at radius 2 is 2.05 bits per heavy atom. The number of aliphatic hydroxyl groups is 1. The number of aryl methyl sites for hydroxylation is 1. The van der Waals surface area contributed by atoms with Gasteiger partial charge in [-0.05, 0) is 37.3 Å². The van der Waals surface area contributed by atoms with E-state index in [4.69, 9.17) is 4.74 Å². The molecule has 1 amide bonds. The summed E-state index contributed by atoms with van der Waals surface area (Å²) in [4.78, 5) is 12.0. The van der Waals surface area contributed by atoms with Gasteiger partial charge in [0.25, 0.3) is 0 Å². The summed E-state index contributed by atoms with van der Waals surface area (Å²) >= 11 is 0. The van der Waals surface area contributed by atoms with Crippen molar-refractivity contribution in [3.63, 3.8) is 0 Å². The van der Waals surface area contributed by atoms with Gasteiger partial charge in [-0.1, -0.05) is 32.0 Å². The molecule has 1 aromatic carbocycles. The van der Waals surface area contributed by atoms with E-state index in [1.807, 2.05) is 31.2 Å². The highest BCUT2D eigenvalue weighted by Crippen LogP contribution is 2.19. The number of nitrogens with one attached hydrogen (secondary N) is 1. The summed E-state index contributed by atoms with van der Waals surface area (Å²) in [5, 5.41) is 12.2. The molecule has 0 aliphatic rings. The lowest BCUT2D eigenvalue weighted by molar-refractivity contribution is -0.122. The highest BCUT2D eigenvalue weighted by Gasteiger charge is 2.13. The number of ether oxygens (including phenoxy) is 1. The van der Waals surface area contributed by atoms with Crippen molar-refractivity contribution in [2.75, 3.05) is 13.2 Å². The van der Waals surface area contributed by atoms with Crippen molar-refractivity contribution in [1.29, 1.82) is 0 Å². The zero-order valence-corrected chi connectivity index (χ0v) is 13.3. The number of hydrogen-bond acceptors (Lipinski definition) is 3. The van der Waals surface area contributed by atoms with Crippen LogP contribution in [0.25, 0.3) is 0 Å². The van der Waals surface area contributed by atoms with Gasteiger partial charge in [-0.2, -0.15) is 0 Å². The van der Waals surface area contributed by atoms with Gasteiger partial charge in [0.15, 0.2) is 0 Å². The van der Waals surface area contributed by atoms with E-state index in [1.54, 1.807) is 0 Å². The lowest BCUT2D eigenvalue weighted by Gasteiger charge is -2.18. The average Bonchev–Trinajstić information content (AvgIpc) is 2.45. The standard InChI is InChI=1S/C17H27NO3/c1-4-21-16-8-6-5-7-14(16)9-10-17(20)18-15(12-19)11-13(2)3/h5-8,13,15,19H,4,9-12H2,1-3H3,(H,18,20). The first-order valence-corrected chi connectivity index (χ1v) is 7.67. The SMILES string of the molecule is CCOc1ccccc1CCC(=O)NC(CO)CC(C)C. The number of amides is 1. The van der Waals surface area contributed by atoms with Crippen LogP contribution >= 0.6 is 0 Å². The van der Waals surface area contributed by atoms with Crippen molar-refractivity contribution in [3.8, 4) is 5.75 Å². The molecule has 0 radical (unpaired) electrons. The number of carbonyl (C=O) groups is 1. The highest BCUT2D eigenvalue weighted by molar-refractivity contribution is 5.76. The van der Waals surface area contributed by atoms with Crippen molar-refractivity contribution >= 4 is 5.91 Å². The molecule has 1 atom stereocenters. The minimum absolute atomic E-state index is 0.0144. The average molecular weight is 293 g/mol. The molecule has 4 nitrogen and oxygen atoms in total. The minimum Gasteiger partial charge on any atom is -0.494 e. The van der Waals surface area contributed by atoms with Crippen LogP contribution < -0.4 is 10.1 Å². The van der Waals surface area contributed by atoms with E-state index >= 15 is 0 Å². The number of benzene rings is 1. The third-order valence-electron chi connectivity index (χ3n) is 3.24. The monoisotopic (exact) mass is 293 g/mol. The van der Waals surface area contributed by atoms with E-state index in [1.165, 1.54) is 0 Å². The van der Waals surface area contributed by atoms with Crippen molar-refractivity contribution in [3.05, 3.63) is 29.8 Å². The van der Waals surface area contributed by atoms with Gasteiger partial charge >= 0.3 is 0 Å². The largest absolute Gasteiger partial charge is 0.494 e. The molecule has 0 aliphatic carbocycles. The fourth-order valence-electron chi connectivity index (χ4n) is 2.30. The maximum Gasteiger partial charge on any atom is 0.220 e. The molecular formula is C17H27NO3. The van der Waals surface area contributed by atoms with E-state index in [-0.39, 0.29) is 18.6 Å². The predicted octanol–water partition coefficient (Wildman–Crippen LogP) is 2.54. The Balaban J connectivity index is 2.49. The summed E-state index contributed by atoms with van der Waals surface area (Å²) < 4.78 is 5.55. The summed E-state index contributed by atoms with van der Waals surface area (Å²) in [5.41, 5.74) is 1.04. The molecule has 1 rings (SSSR count). The van der Waals surface area contributed by atoms with Crippen LogP contribution in [0.1, 0.15) is 39.2 Å². The summed E-state index contributed by atoms with van der Waals surface area (Å²) in [6.45, 7) is 6.70. The number of carbonyl (C=O) groups excluding carboxylic acids is 1. The van der Waals surface area contributed by atoms with Crippen molar-refractivity contribution in [2.45, 2.75) is 46.1 Å². The second-order valence-corrected chi connectivity index (χ2v) is 5.62. The Labute approximate surface area is 127 Å². The van der Waals surface area contributed by atoms with Crippen molar-refractivity contribution in [1.82, 2.24) is 5.32 Å². The van der Waals surface area contributed by atoms with Crippen LogP contribution in [0.4, 0.5) is 0 Å². The first-order valence-electron chi connectivity index (χ1n) is 7.67. The molecule has 118 valence electrons. The van der Waals surface area contributed by atoms with Gasteiger partial charge < -0.3 is 15.2 Å². The second-order valence-electron chi connectivity index (χ2n) is 5.62. The van der Waals surface area contributed by atoms with Crippen molar-refractivity contribution in [2.24, 2.45) is 5.92 Å². The zero-order valence-electron chi connectivity index (χ0n) is 13.3. The third kappa shape index (κ3) is 6.63. The predicted molar refractivity (Wildman–Crippen MR) is 84.4 cm³/mol. The first-order chi connectivity index (χ1) is 10.1. The van der Waals surface area contributed by atoms with Gasteiger partial charge in [0.1, 0.15) is 5.75 Å². The van der Waals surface area contributed by atoms with Crippen LogP contribution in [0.3, 0.4) is 0 Å². The lowest BCUT2D eigenvalue weighted by Crippen LogP contribution is -2.38. The Kier molecular flexibility index (Phi) is 7.83. The zero-order chi connectivity index (χ0) is 15.7. The second kappa shape index (κ2) is 9.40. The number of rotatable bonds is 9. The van der Waals surface area contributed by atoms with Crippen LogP contribution in [0.15, 0.2) is 24.3 Å². The molecule has 1 unspecified atom stereocenters. The quantitative estimate of drug-likeness (QED) is 0.735. The smallest absolute Gasteiger partial charge is 0.220 e. The summed E-state index contributed by atoms with van der Waals surface area (Å²) in [6.07, 6.45) is 1.83. The molecule has 0 aromatic heterocycles. The normalized spacial score (nSPS) is 12.2. The number of hydrogen-bond donors (Lipinski definition) is 2. The van der Waals surface area contributed by atoms with Crippen LogP contribution in [-0.2, 0) is 11.2 Å². The molecule has 0 fully saturated rings. The molecule has 1 aromatic rings. The molecule has 0 saturated heterocycles. The summed E-state index contributed by atoms with van der Waals surface area (Å²) in [7, 11) is 0. The molecule has 2 N–H and O–H groups in total. The van der Waals surface area contributed by atoms with Gasteiger partial charge in [-0.15, -0.1) is 0 Å². The van der Waals surface area contributed by atoms with E-state index in [2.05, 4.69) is 19.2 Å². The molecular weight excluding hydrogens is 266 g/mol. The summed E-state index contributed by atoms with van der Waals surface area (Å²) in [6, 6.07) is 7.63. The topological polar surface area (TPSA) is 58.6 Å². The Bertz CT molecular complexity index is 432. The van der Waals surface area contributed by atoms with Gasteiger partial charge in [-0.3, -0.25) is 4.79 Å². The van der Waals surface area contributed by atoms with E-state index in [0.717, 1.165) is 17.7 Å². The lowest BCUT2D eigenvalue weighted by atomic mass is 10.0. The molecule has 0 heterocycles. The molecule has 4 heteroatoms. The maximum absolute atomic E-state index is 12.0. The van der Waals surface area contributed by atoms with Crippen molar-refractivity contribution < 1.29 is 14.6 Å². The Hall–Kier alpha value is -1.55. The molecule has 0 spiro atoms. The molecule has 0 aliphatic heterocycles. The highest BCUT2D eigenvalue weighted by atomic mass is 16.5. The van der Waals surface area contributed by atoms with Crippen LogP contribution in [0.2, 0.25) is 0 Å². The summed E-state index contributed by atoms with van der Waals surface area (Å²) in [5.74, 6) is 1.26. The van der Waals surface area contributed by atoms with Gasteiger partial charge in [0, 0.05) is 6.42 Å². The number of aliphatic hydroxyl groups excluding tert-OH is 1. The molecule has 0 saturated carbocycles. The van der Waals surface area contributed by atoms with Crippen LogP contribution in [-0.4, -0.2) is 30.3 Å². The number of para-hydroxylation sites is 1. The first kappa shape index (κ1) is 17.5. The van der Waals surface area contributed by atoms with Crippen LogP contribution in [0.5, 0.6) is 5.75 Å². The Morgan fingerprint density at radius 1 is 1.33 bits per heavy atom. The van der Waals surface area contributed by atoms with E-state index in [0.29, 0.717) is 25.4 Å². The van der Waals surface area contributed by atoms with Crippen LogP contribution in [0, 0.1) is 5.92 Å². The fourth-order valence-corrected chi connectivity index (χ4v) is 2.30. The van der Waals surface area contributed by atoms with E-state index < -0.39 is 0 Å². The van der Waals surface area contributed by atoms with Gasteiger partial charge in [-0.25, -0.2) is 0 Å². The van der Waals surface area contributed by atoms with Gasteiger partial charge in [0.2, 0.25) is 5.91 Å². The fraction of sp³-hybridized carbons (Fsp3) is 0.588. The van der Waals surface area contributed by atoms with E-state index in [9.17, 15) is 9.90 Å².